The summed E-state index contributed by atoms with van der Waals surface area (Å²) in [6.07, 6.45) is 6.00. The molecule has 0 aliphatic heterocycles. The number of hydrogen-bond acceptors (Lipinski definition) is 5. The molecule has 158 valence electrons. The van der Waals surface area contributed by atoms with Gasteiger partial charge in [0.1, 0.15) is 12.4 Å². The third kappa shape index (κ3) is 10.6. The molecule has 2 atom stereocenters. The van der Waals surface area contributed by atoms with E-state index in [0.717, 1.165) is 25.7 Å². The van der Waals surface area contributed by atoms with Crippen LogP contribution in [0.3, 0.4) is 0 Å². The summed E-state index contributed by atoms with van der Waals surface area (Å²) >= 11 is 5.04. The van der Waals surface area contributed by atoms with Crippen molar-refractivity contribution in [3.05, 3.63) is 29.8 Å². The largest absolute Gasteiger partial charge is 0.489 e. The van der Waals surface area contributed by atoms with Crippen LogP contribution in [0.15, 0.2) is 24.3 Å². The highest BCUT2D eigenvalue weighted by molar-refractivity contribution is 7.80. The molecule has 1 aromatic carbocycles. The predicted octanol–water partition coefficient (Wildman–Crippen LogP) is 3.75. The molecule has 0 heterocycles. The van der Waals surface area contributed by atoms with Gasteiger partial charge in [0.25, 0.3) is 0 Å². The van der Waals surface area contributed by atoms with Gasteiger partial charge in [0.2, 0.25) is 5.91 Å². The van der Waals surface area contributed by atoms with E-state index >= 15 is 0 Å². The van der Waals surface area contributed by atoms with Crippen molar-refractivity contribution in [1.82, 2.24) is 16.2 Å². The van der Waals surface area contributed by atoms with E-state index in [1.807, 2.05) is 24.3 Å². The highest BCUT2D eigenvalue weighted by atomic mass is 32.1. The van der Waals surface area contributed by atoms with Crippen molar-refractivity contribution in [2.24, 2.45) is 0 Å². The molecule has 2 unspecified atom stereocenters. The Balaban J connectivity index is 2.19. The van der Waals surface area contributed by atoms with Crippen molar-refractivity contribution in [3.8, 4) is 5.75 Å². The summed E-state index contributed by atoms with van der Waals surface area (Å²) in [5.41, 5.74) is 6.48. The summed E-state index contributed by atoms with van der Waals surface area (Å²) < 4.78 is 5.55. The first kappa shape index (κ1) is 24.3. The lowest BCUT2D eigenvalue weighted by molar-refractivity contribution is -0.119. The Kier molecular flexibility index (Phi) is 12.4. The van der Waals surface area contributed by atoms with Gasteiger partial charge < -0.3 is 15.2 Å². The molecule has 0 fully saturated rings. The second kappa shape index (κ2) is 14.3. The van der Waals surface area contributed by atoms with Gasteiger partial charge in [-0.1, -0.05) is 58.6 Å². The van der Waals surface area contributed by atoms with Crippen LogP contribution in [0.1, 0.15) is 77.2 Å². The maximum atomic E-state index is 11.8. The molecule has 1 amide bonds. The highest BCUT2D eigenvalue weighted by Gasteiger charge is 2.08. The average Bonchev–Trinajstić information content (AvgIpc) is 2.70. The van der Waals surface area contributed by atoms with E-state index in [9.17, 15) is 9.90 Å². The Morgan fingerprint density at radius 3 is 2.46 bits per heavy atom. The van der Waals surface area contributed by atoms with Gasteiger partial charge in [0.05, 0.1) is 0 Å². The molecule has 0 saturated carbocycles. The first-order chi connectivity index (χ1) is 13.5. The van der Waals surface area contributed by atoms with E-state index in [4.69, 9.17) is 17.0 Å². The minimum Gasteiger partial charge on any atom is -0.489 e. The predicted molar refractivity (Wildman–Crippen MR) is 117 cm³/mol. The fourth-order valence-electron chi connectivity index (χ4n) is 2.60. The molecular formula is C21H35N3O3S. The zero-order valence-electron chi connectivity index (χ0n) is 17.3. The lowest BCUT2D eigenvalue weighted by atomic mass is 9.99. The van der Waals surface area contributed by atoms with Gasteiger partial charge in [0, 0.05) is 6.42 Å². The fourth-order valence-corrected chi connectivity index (χ4v) is 2.78. The highest BCUT2D eigenvalue weighted by Crippen LogP contribution is 2.21. The van der Waals surface area contributed by atoms with Crippen LogP contribution in [0, 0.1) is 0 Å². The smallest absolute Gasteiger partial charge is 0.226 e. The first-order valence-corrected chi connectivity index (χ1v) is 10.6. The van der Waals surface area contributed by atoms with E-state index in [0.29, 0.717) is 18.1 Å². The van der Waals surface area contributed by atoms with Crippen LogP contribution in [-0.2, 0) is 4.79 Å². The molecule has 6 nitrogen and oxygen atoms in total. The maximum absolute atomic E-state index is 11.8. The monoisotopic (exact) mass is 409 g/mol. The van der Waals surface area contributed by atoms with Crippen molar-refractivity contribution in [1.29, 1.82) is 0 Å². The SMILES string of the molecule is CCCCCCCC(=O)NC(=S)NNC(O)COc1ccc(C(C)CC)cc1. The Hall–Kier alpha value is -1.70. The molecule has 0 spiro atoms. The number of hydrazine groups is 1. The Bertz CT molecular complexity index is 581. The number of rotatable bonds is 13. The van der Waals surface area contributed by atoms with Crippen molar-refractivity contribution >= 4 is 23.2 Å². The molecule has 0 aliphatic rings. The number of amides is 1. The second-order valence-electron chi connectivity index (χ2n) is 7.02. The van der Waals surface area contributed by atoms with E-state index < -0.39 is 6.23 Å². The molecule has 7 heteroatoms. The lowest BCUT2D eigenvalue weighted by Gasteiger charge is -2.17. The summed E-state index contributed by atoms with van der Waals surface area (Å²) in [5.74, 6) is 1.08. The quantitative estimate of drug-likeness (QED) is 0.172. The summed E-state index contributed by atoms with van der Waals surface area (Å²) in [5, 5.41) is 12.7. The molecule has 0 saturated heterocycles. The van der Waals surface area contributed by atoms with Crippen LogP contribution >= 0.6 is 12.2 Å². The molecule has 0 aromatic heterocycles. The van der Waals surface area contributed by atoms with Crippen molar-refractivity contribution in [2.45, 2.75) is 77.9 Å². The number of carbonyl (C=O) groups excluding carboxylic acids is 1. The second-order valence-corrected chi connectivity index (χ2v) is 7.42. The van der Waals surface area contributed by atoms with Crippen molar-refractivity contribution in [3.63, 3.8) is 0 Å². The topological polar surface area (TPSA) is 82.6 Å². The van der Waals surface area contributed by atoms with Crippen LogP contribution in [0.2, 0.25) is 0 Å². The number of thiocarbonyl (C=S) groups is 1. The van der Waals surface area contributed by atoms with Gasteiger partial charge in [-0.3, -0.25) is 10.2 Å². The van der Waals surface area contributed by atoms with Gasteiger partial charge in [-0.25, -0.2) is 5.43 Å². The molecule has 0 radical (unpaired) electrons. The summed E-state index contributed by atoms with van der Waals surface area (Å²) in [6.45, 7) is 6.55. The van der Waals surface area contributed by atoms with Crippen LogP contribution in [0.5, 0.6) is 5.75 Å². The number of benzene rings is 1. The number of ether oxygens (including phenoxy) is 1. The zero-order valence-corrected chi connectivity index (χ0v) is 18.1. The van der Waals surface area contributed by atoms with Gasteiger partial charge in [-0.05, 0) is 48.7 Å². The molecule has 1 rings (SSSR count). The van der Waals surface area contributed by atoms with Crippen molar-refractivity contribution in [2.75, 3.05) is 6.61 Å². The normalized spacial score (nSPS) is 12.9. The number of nitrogens with one attached hydrogen (secondary N) is 3. The van der Waals surface area contributed by atoms with E-state index in [2.05, 4.69) is 36.9 Å². The molecular weight excluding hydrogens is 374 g/mol. The summed E-state index contributed by atoms with van der Waals surface area (Å²) in [7, 11) is 0. The van der Waals surface area contributed by atoms with Crippen LogP contribution < -0.4 is 20.9 Å². The van der Waals surface area contributed by atoms with E-state index in [-0.39, 0.29) is 17.6 Å². The summed E-state index contributed by atoms with van der Waals surface area (Å²) in [4.78, 5) is 11.8. The molecule has 4 N–H and O–H groups in total. The van der Waals surface area contributed by atoms with Gasteiger partial charge in [-0.15, -0.1) is 0 Å². The maximum Gasteiger partial charge on any atom is 0.226 e. The molecule has 28 heavy (non-hydrogen) atoms. The minimum absolute atomic E-state index is 0.0453. The number of unbranched alkanes of at least 4 members (excludes halogenated alkanes) is 4. The number of carbonyl (C=O) groups is 1. The summed E-state index contributed by atoms with van der Waals surface area (Å²) in [6, 6.07) is 7.86. The van der Waals surface area contributed by atoms with Crippen LogP contribution in [0.4, 0.5) is 0 Å². The van der Waals surface area contributed by atoms with Gasteiger partial charge >= 0.3 is 0 Å². The minimum atomic E-state index is -0.974. The lowest BCUT2D eigenvalue weighted by Crippen LogP contribution is -2.51. The molecule has 0 bridgehead atoms. The third-order valence-electron chi connectivity index (χ3n) is 4.58. The Morgan fingerprint density at radius 2 is 1.82 bits per heavy atom. The third-order valence-corrected chi connectivity index (χ3v) is 4.79. The molecule has 1 aromatic rings. The van der Waals surface area contributed by atoms with Crippen LogP contribution in [0.25, 0.3) is 0 Å². The van der Waals surface area contributed by atoms with Gasteiger partial charge in [-0.2, -0.15) is 0 Å². The standard InChI is InChI=1S/C21H35N3O3S/c1-4-6-7-8-9-10-19(25)22-21(28)24-23-20(26)15-27-18-13-11-17(12-14-18)16(3)5-2/h11-14,16,20,23,26H,4-10,15H2,1-3H3,(H2,22,24,25,28). The number of hydrogen-bond donors (Lipinski definition) is 4. The van der Waals surface area contributed by atoms with E-state index in [1.165, 1.54) is 18.4 Å². The molecule has 0 aliphatic carbocycles. The van der Waals surface area contributed by atoms with Gasteiger partial charge in [0.15, 0.2) is 11.3 Å². The number of aliphatic hydroxyl groups is 1. The number of aliphatic hydroxyl groups excluding tert-OH is 1. The Labute approximate surface area is 174 Å². The van der Waals surface area contributed by atoms with E-state index in [1.54, 1.807) is 0 Å². The average molecular weight is 410 g/mol. The van der Waals surface area contributed by atoms with Crippen molar-refractivity contribution < 1.29 is 14.6 Å². The Morgan fingerprint density at radius 1 is 1.14 bits per heavy atom. The fraction of sp³-hybridized carbons (Fsp3) is 0.619. The van der Waals surface area contributed by atoms with Crippen LogP contribution in [-0.4, -0.2) is 29.0 Å². The zero-order chi connectivity index (χ0) is 20.8. The first-order valence-electron chi connectivity index (χ1n) is 10.2.